The van der Waals surface area contributed by atoms with Crippen LogP contribution < -0.4 is 21.1 Å². The van der Waals surface area contributed by atoms with E-state index in [4.69, 9.17) is 24.7 Å². The van der Waals surface area contributed by atoms with Gasteiger partial charge in [0, 0.05) is 11.6 Å². The van der Waals surface area contributed by atoms with E-state index in [1.165, 1.54) is 0 Å². The summed E-state index contributed by atoms with van der Waals surface area (Å²) >= 11 is 0. The van der Waals surface area contributed by atoms with Crippen molar-refractivity contribution < 1.29 is 38.4 Å². The highest BCUT2D eigenvalue weighted by atomic mass is 16.7. The van der Waals surface area contributed by atoms with Crippen LogP contribution in [0.25, 0.3) is 0 Å². The van der Waals surface area contributed by atoms with Gasteiger partial charge in [0.05, 0.1) is 31.3 Å². The van der Waals surface area contributed by atoms with Crippen LogP contribution in [0.15, 0.2) is 72.8 Å². The number of alkyl carbamates (subject to hydrolysis) is 1. The van der Waals surface area contributed by atoms with Gasteiger partial charge in [-0.05, 0) is 73.9 Å². The minimum atomic E-state index is -1.04. The van der Waals surface area contributed by atoms with Crippen LogP contribution in [0.4, 0.5) is 4.79 Å². The van der Waals surface area contributed by atoms with Crippen LogP contribution in [0.2, 0.25) is 0 Å². The first-order valence-corrected chi connectivity index (χ1v) is 16.0. The van der Waals surface area contributed by atoms with E-state index in [0.717, 1.165) is 17.5 Å². The summed E-state index contributed by atoms with van der Waals surface area (Å²) in [5, 5.41) is 17.5. The lowest BCUT2D eigenvalue weighted by atomic mass is 9.93. The molecule has 2 unspecified atom stereocenters. The van der Waals surface area contributed by atoms with E-state index in [-0.39, 0.29) is 37.7 Å². The molecule has 11 heteroatoms. The number of amides is 3. The molecule has 5 rings (SSSR count). The maximum Gasteiger partial charge on any atom is 0.407 e. The molecule has 3 aromatic rings. The van der Waals surface area contributed by atoms with Gasteiger partial charge < -0.3 is 40.4 Å². The molecule has 250 valence electrons. The fourth-order valence-electron chi connectivity index (χ4n) is 6.30. The van der Waals surface area contributed by atoms with Gasteiger partial charge in [-0.1, -0.05) is 60.7 Å². The number of nitrogens with two attached hydrogens (primary N) is 1. The zero-order chi connectivity index (χ0) is 33.3. The standard InChI is InChI=1S/C36H43N3O8/c1-22-15-26(34(37)42)16-23(2)33(22)45-21-32(41)38-27(17-24-9-5-3-6-10-24)19-30(40)29(18-25-11-7-4-8-12-25)39-36(43)47-31-20-46-35-28(31)13-14-44-35/h3-12,15-16,27-31,35,40H,13-14,17-21H2,1-2H3,(H2,37,42)(H,38,41)(H,39,43)/t27-,28?,29-,30-,31-,35?/m0/s1. The highest BCUT2D eigenvalue weighted by Gasteiger charge is 2.44. The lowest BCUT2D eigenvalue weighted by Gasteiger charge is -2.29. The highest BCUT2D eigenvalue weighted by Crippen LogP contribution is 2.33. The molecule has 0 radical (unpaired) electrons. The fraction of sp³-hybridized carbons (Fsp3) is 0.417. The van der Waals surface area contributed by atoms with Gasteiger partial charge in [-0.15, -0.1) is 0 Å². The van der Waals surface area contributed by atoms with Crippen LogP contribution in [0.5, 0.6) is 5.75 Å². The third-order valence-corrected chi connectivity index (χ3v) is 8.62. The Bertz CT molecular complexity index is 1500. The average molecular weight is 646 g/mol. The molecule has 3 aromatic carbocycles. The number of carbonyl (C=O) groups is 3. The summed E-state index contributed by atoms with van der Waals surface area (Å²) in [6.45, 7) is 4.12. The molecule has 5 N–H and O–H groups in total. The van der Waals surface area contributed by atoms with Crippen LogP contribution in [-0.4, -0.2) is 73.4 Å². The number of rotatable bonds is 14. The second kappa shape index (κ2) is 15.9. The monoisotopic (exact) mass is 645 g/mol. The molecule has 0 saturated carbocycles. The van der Waals surface area contributed by atoms with Crippen LogP contribution >= 0.6 is 0 Å². The largest absolute Gasteiger partial charge is 0.483 e. The average Bonchev–Trinajstić information content (AvgIpc) is 3.66. The van der Waals surface area contributed by atoms with Gasteiger partial charge in [-0.3, -0.25) is 9.59 Å². The Morgan fingerprint density at radius 1 is 0.936 bits per heavy atom. The number of hydrogen-bond acceptors (Lipinski definition) is 8. The first-order valence-electron chi connectivity index (χ1n) is 16.0. The molecule has 47 heavy (non-hydrogen) atoms. The summed E-state index contributed by atoms with van der Waals surface area (Å²) in [4.78, 5) is 38.0. The molecule has 2 heterocycles. The van der Waals surface area contributed by atoms with Gasteiger partial charge in [0.1, 0.15) is 11.9 Å². The predicted octanol–water partition coefficient (Wildman–Crippen LogP) is 3.36. The first kappa shape index (κ1) is 33.9. The van der Waals surface area contributed by atoms with E-state index in [1.807, 2.05) is 60.7 Å². The third kappa shape index (κ3) is 9.31. The summed E-state index contributed by atoms with van der Waals surface area (Å²) in [7, 11) is 0. The first-order chi connectivity index (χ1) is 22.7. The Balaban J connectivity index is 1.27. The number of carbonyl (C=O) groups excluding carboxylic acids is 3. The van der Waals surface area contributed by atoms with E-state index < -0.39 is 36.3 Å². The van der Waals surface area contributed by atoms with E-state index in [9.17, 15) is 19.5 Å². The molecule has 2 fully saturated rings. The summed E-state index contributed by atoms with van der Waals surface area (Å²) in [6.07, 6.45) is -0.769. The summed E-state index contributed by atoms with van der Waals surface area (Å²) in [5.41, 5.74) is 9.06. The minimum Gasteiger partial charge on any atom is -0.483 e. The van der Waals surface area contributed by atoms with Crippen molar-refractivity contribution in [2.24, 2.45) is 11.7 Å². The molecular weight excluding hydrogens is 602 g/mol. The van der Waals surface area contributed by atoms with Crippen molar-refractivity contribution in [1.82, 2.24) is 10.6 Å². The smallest absolute Gasteiger partial charge is 0.407 e. The van der Waals surface area contributed by atoms with Crippen molar-refractivity contribution in [2.45, 2.75) is 70.1 Å². The number of aryl methyl sites for hydroxylation is 2. The molecule has 2 saturated heterocycles. The number of benzene rings is 3. The van der Waals surface area contributed by atoms with Crippen molar-refractivity contribution in [3.63, 3.8) is 0 Å². The Hall–Kier alpha value is -4.45. The Morgan fingerprint density at radius 2 is 1.57 bits per heavy atom. The summed E-state index contributed by atoms with van der Waals surface area (Å²) in [5.74, 6) is -0.434. The number of aliphatic hydroxyl groups is 1. The van der Waals surface area contributed by atoms with Gasteiger partial charge in [0.25, 0.3) is 5.91 Å². The summed E-state index contributed by atoms with van der Waals surface area (Å²) in [6, 6.07) is 21.3. The van der Waals surface area contributed by atoms with E-state index in [0.29, 0.717) is 41.9 Å². The van der Waals surface area contributed by atoms with Crippen molar-refractivity contribution in [3.05, 3.63) is 101 Å². The molecule has 2 aliphatic rings. The minimum absolute atomic E-state index is 0.0143. The van der Waals surface area contributed by atoms with Crippen molar-refractivity contribution in [2.75, 3.05) is 19.8 Å². The topological polar surface area (TPSA) is 158 Å². The number of ether oxygens (including phenoxy) is 4. The number of fused-ring (bicyclic) bond motifs is 1. The number of primary amides is 1. The van der Waals surface area contributed by atoms with Crippen molar-refractivity contribution in [3.8, 4) is 5.75 Å². The van der Waals surface area contributed by atoms with Gasteiger partial charge >= 0.3 is 6.09 Å². The van der Waals surface area contributed by atoms with E-state index >= 15 is 0 Å². The van der Waals surface area contributed by atoms with Crippen molar-refractivity contribution in [1.29, 1.82) is 0 Å². The van der Waals surface area contributed by atoms with Gasteiger partial charge in [0.15, 0.2) is 12.9 Å². The Morgan fingerprint density at radius 3 is 2.21 bits per heavy atom. The Labute approximate surface area is 274 Å². The molecule has 0 spiro atoms. The third-order valence-electron chi connectivity index (χ3n) is 8.62. The second-order valence-electron chi connectivity index (χ2n) is 12.3. The zero-order valence-corrected chi connectivity index (χ0v) is 26.7. The van der Waals surface area contributed by atoms with Crippen LogP contribution in [-0.2, 0) is 31.8 Å². The maximum absolute atomic E-state index is 13.2. The molecule has 0 aliphatic carbocycles. The van der Waals surface area contributed by atoms with E-state index in [1.54, 1.807) is 26.0 Å². The second-order valence-corrected chi connectivity index (χ2v) is 12.3. The zero-order valence-electron chi connectivity index (χ0n) is 26.7. The maximum atomic E-state index is 13.2. The van der Waals surface area contributed by atoms with Gasteiger partial charge in [-0.2, -0.15) is 0 Å². The lowest BCUT2D eigenvalue weighted by molar-refractivity contribution is -0.124. The van der Waals surface area contributed by atoms with Gasteiger partial charge in [0.2, 0.25) is 5.91 Å². The van der Waals surface area contributed by atoms with Crippen LogP contribution in [0.3, 0.4) is 0 Å². The lowest BCUT2D eigenvalue weighted by Crippen LogP contribution is -2.50. The number of aliphatic hydroxyl groups excluding tert-OH is 1. The highest BCUT2D eigenvalue weighted by molar-refractivity contribution is 5.93. The molecule has 11 nitrogen and oxygen atoms in total. The number of nitrogens with one attached hydrogen (secondary N) is 2. The van der Waals surface area contributed by atoms with Crippen LogP contribution in [0, 0.1) is 19.8 Å². The predicted molar refractivity (Wildman–Crippen MR) is 174 cm³/mol. The van der Waals surface area contributed by atoms with E-state index in [2.05, 4.69) is 10.6 Å². The quantitative estimate of drug-likeness (QED) is 0.208. The molecule has 0 bridgehead atoms. The molecule has 6 atom stereocenters. The van der Waals surface area contributed by atoms with Crippen molar-refractivity contribution >= 4 is 17.9 Å². The number of hydrogen-bond donors (Lipinski definition) is 4. The molecule has 0 aromatic heterocycles. The Kier molecular flexibility index (Phi) is 11.5. The fourth-order valence-corrected chi connectivity index (χ4v) is 6.30. The SMILES string of the molecule is Cc1cc(C(N)=O)cc(C)c1OCC(=O)N[C@@H](Cc1ccccc1)C[C@H](O)[C@H](Cc1ccccc1)NC(=O)O[C@H]1COC2OCCC21. The normalized spacial score (nSPS) is 20.4. The summed E-state index contributed by atoms with van der Waals surface area (Å²) < 4.78 is 22.8. The molecule has 2 aliphatic heterocycles. The van der Waals surface area contributed by atoms with Gasteiger partial charge in [-0.25, -0.2) is 4.79 Å². The molecule has 3 amide bonds. The van der Waals surface area contributed by atoms with Crippen LogP contribution in [0.1, 0.15) is 45.5 Å². The molecular formula is C36H43N3O8.